The maximum atomic E-state index is 12.1. The van der Waals surface area contributed by atoms with E-state index >= 15 is 0 Å². The topological polar surface area (TPSA) is 38.1 Å². The van der Waals surface area contributed by atoms with Crippen LogP contribution >= 0.6 is 0 Å². The molecule has 0 radical (unpaired) electrons. The van der Waals surface area contributed by atoms with Crippen molar-refractivity contribution in [3.05, 3.63) is 144 Å². The van der Waals surface area contributed by atoms with Crippen molar-refractivity contribution in [3.63, 3.8) is 0 Å². The lowest BCUT2D eigenvalue weighted by molar-refractivity contribution is 0.144. The Morgan fingerprint density at radius 1 is 0.692 bits per heavy atom. The third-order valence-electron chi connectivity index (χ3n) is 8.27. The van der Waals surface area contributed by atoms with Crippen LogP contribution in [0, 0.1) is 0 Å². The second-order valence-corrected chi connectivity index (χ2v) is 10.5. The number of imidazole rings is 1. The van der Waals surface area contributed by atoms with Gasteiger partial charge >= 0.3 is 0 Å². The molecule has 3 nitrogen and oxygen atoms in total. The predicted molar refractivity (Wildman–Crippen MR) is 158 cm³/mol. The third-order valence-corrected chi connectivity index (χ3v) is 8.27. The first-order valence-corrected chi connectivity index (χ1v) is 13.5. The maximum Gasteiger partial charge on any atom is 0.159 e. The van der Waals surface area contributed by atoms with Gasteiger partial charge in [0.05, 0.1) is 5.69 Å². The molecule has 0 fully saturated rings. The van der Waals surface area contributed by atoms with Crippen LogP contribution in [-0.4, -0.2) is 14.7 Å². The van der Waals surface area contributed by atoms with Crippen LogP contribution in [0.25, 0.3) is 50.5 Å². The SMILES string of the molecule is OC1c2cc(-c3ccccc3)cc3c(-c4ccccc4)ccc(c23)-c2nc3c(n21)CC(c1ccccc1)C=C3. The van der Waals surface area contributed by atoms with E-state index in [4.69, 9.17) is 4.98 Å². The Kier molecular flexibility index (Phi) is 4.94. The fourth-order valence-electron chi connectivity index (χ4n) is 6.40. The van der Waals surface area contributed by atoms with Gasteiger partial charge in [0.1, 0.15) is 5.82 Å². The molecule has 0 saturated carbocycles. The average Bonchev–Trinajstić information content (AvgIpc) is 3.40. The lowest BCUT2D eigenvalue weighted by Crippen LogP contribution is -2.20. The number of fused-ring (bicyclic) bond motifs is 4. The van der Waals surface area contributed by atoms with Crippen molar-refractivity contribution < 1.29 is 5.11 Å². The smallest absolute Gasteiger partial charge is 0.159 e. The van der Waals surface area contributed by atoms with Gasteiger partial charge in [-0.05, 0) is 57.5 Å². The molecule has 0 amide bonds. The summed E-state index contributed by atoms with van der Waals surface area (Å²) in [5, 5.41) is 14.3. The number of benzene rings is 5. The van der Waals surface area contributed by atoms with E-state index in [0.29, 0.717) is 0 Å². The van der Waals surface area contributed by atoms with E-state index in [0.717, 1.165) is 67.8 Å². The van der Waals surface area contributed by atoms with E-state index in [9.17, 15) is 5.11 Å². The second kappa shape index (κ2) is 8.65. The summed E-state index contributed by atoms with van der Waals surface area (Å²) in [6, 6.07) is 40.4. The van der Waals surface area contributed by atoms with Crippen molar-refractivity contribution in [3.8, 4) is 33.6 Å². The fraction of sp³-hybridized carbons (Fsp3) is 0.0833. The van der Waals surface area contributed by atoms with Crippen LogP contribution < -0.4 is 0 Å². The molecule has 0 saturated heterocycles. The Labute approximate surface area is 227 Å². The minimum Gasteiger partial charge on any atom is -0.369 e. The van der Waals surface area contributed by atoms with Gasteiger partial charge in [-0.1, -0.05) is 103 Å². The van der Waals surface area contributed by atoms with Gasteiger partial charge in [-0.15, -0.1) is 0 Å². The van der Waals surface area contributed by atoms with Crippen LogP contribution in [0.15, 0.2) is 121 Å². The highest BCUT2D eigenvalue weighted by Crippen LogP contribution is 2.47. The van der Waals surface area contributed by atoms with E-state index in [1.165, 1.54) is 5.56 Å². The molecule has 1 aliphatic carbocycles. The van der Waals surface area contributed by atoms with Crippen molar-refractivity contribution in [2.45, 2.75) is 18.6 Å². The van der Waals surface area contributed by atoms with Crippen LogP contribution in [0.5, 0.6) is 0 Å². The monoisotopic (exact) mass is 502 g/mol. The summed E-state index contributed by atoms with van der Waals surface area (Å²) >= 11 is 0. The zero-order chi connectivity index (χ0) is 25.9. The van der Waals surface area contributed by atoms with Gasteiger partial charge in [0.2, 0.25) is 0 Å². The van der Waals surface area contributed by atoms with Crippen LogP contribution in [0.4, 0.5) is 0 Å². The number of hydrogen-bond donors (Lipinski definition) is 1. The maximum absolute atomic E-state index is 12.1. The van der Waals surface area contributed by atoms with Crippen molar-refractivity contribution >= 4 is 16.8 Å². The van der Waals surface area contributed by atoms with Crippen LogP contribution in [0.3, 0.4) is 0 Å². The first kappa shape index (κ1) is 22.3. The number of aliphatic hydroxyl groups excluding tert-OH is 1. The van der Waals surface area contributed by atoms with E-state index in [1.807, 2.05) is 12.1 Å². The van der Waals surface area contributed by atoms with Crippen molar-refractivity contribution in [1.29, 1.82) is 0 Å². The molecule has 1 aromatic heterocycles. The molecule has 8 rings (SSSR count). The molecule has 39 heavy (non-hydrogen) atoms. The molecule has 3 heteroatoms. The summed E-state index contributed by atoms with van der Waals surface area (Å²) in [4.78, 5) is 5.09. The molecule has 2 unspecified atom stereocenters. The number of aliphatic hydroxyl groups is 1. The summed E-state index contributed by atoms with van der Waals surface area (Å²) in [6.07, 6.45) is 4.37. The molecule has 0 bridgehead atoms. The Balaban J connectivity index is 1.37. The quantitative estimate of drug-likeness (QED) is 0.265. The summed E-state index contributed by atoms with van der Waals surface area (Å²) in [7, 11) is 0. The molecule has 6 aromatic rings. The van der Waals surface area contributed by atoms with E-state index < -0.39 is 6.23 Å². The van der Waals surface area contributed by atoms with Crippen molar-refractivity contribution in [1.82, 2.24) is 9.55 Å². The summed E-state index contributed by atoms with van der Waals surface area (Å²) in [5.41, 5.74) is 9.88. The fourth-order valence-corrected chi connectivity index (χ4v) is 6.40. The van der Waals surface area contributed by atoms with Crippen molar-refractivity contribution in [2.24, 2.45) is 0 Å². The predicted octanol–water partition coefficient (Wildman–Crippen LogP) is 8.24. The third kappa shape index (κ3) is 3.44. The standard InChI is InChI=1S/C36H26N2O/c39-36-31-21-27(24-12-6-2-7-13-24)20-30-28(25-14-8-3-9-15-25)17-18-29(34(30)31)35-37-32-19-16-26(22-33(32)38(35)36)23-10-4-1-5-11-23/h1-21,26,36,39H,22H2. The van der Waals surface area contributed by atoms with Gasteiger partial charge in [-0.2, -0.15) is 0 Å². The van der Waals surface area contributed by atoms with Gasteiger partial charge in [0.25, 0.3) is 0 Å². The van der Waals surface area contributed by atoms with Gasteiger partial charge < -0.3 is 5.11 Å². The van der Waals surface area contributed by atoms with Crippen LogP contribution in [-0.2, 0) is 6.42 Å². The van der Waals surface area contributed by atoms with Gasteiger partial charge in [0.15, 0.2) is 6.23 Å². The molecule has 2 atom stereocenters. The highest BCUT2D eigenvalue weighted by atomic mass is 16.3. The molecule has 5 aromatic carbocycles. The van der Waals surface area contributed by atoms with E-state index in [2.05, 4.69) is 120 Å². The number of aromatic nitrogens is 2. The summed E-state index contributed by atoms with van der Waals surface area (Å²) in [5.74, 6) is 1.10. The Morgan fingerprint density at radius 2 is 1.36 bits per heavy atom. The largest absolute Gasteiger partial charge is 0.369 e. The van der Waals surface area contributed by atoms with E-state index in [-0.39, 0.29) is 5.92 Å². The molecule has 2 heterocycles. The molecule has 2 aliphatic rings. The van der Waals surface area contributed by atoms with Gasteiger partial charge in [-0.25, -0.2) is 4.98 Å². The number of allylic oxidation sites excluding steroid dienone is 1. The van der Waals surface area contributed by atoms with Gasteiger partial charge in [0, 0.05) is 34.5 Å². The number of rotatable bonds is 3. The first-order chi connectivity index (χ1) is 19.3. The minimum absolute atomic E-state index is 0.254. The zero-order valence-corrected chi connectivity index (χ0v) is 21.3. The summed E-state index contributed by atoms with van der Waals surface area (Å²) in [6.45, 7) is 0. The summed E-state index contributed by atoms with van der Waals surface area (Å²) < 4.78 is 2.07. The average molecular weight is 503 g/mol. The lowest BCUT2D eigenvalue weighted by Gasteiger charge is -2.29. The second-order valence-electron chi connectivity index (χ2n) is 10.5. The normalized spacial score (nSPS) is 17.2. The highest BCUT2D eigenvalue weighted by Gasteiger charge is 2.33. The van der Waals surface area contributed by atoms with Crippen molar-refractivity contribution in [2.75, 3.05) is 0 Å². The molecular formula is C36H26N2O. The number of hydrogen-bond acceptors (Lipinski definition) is 2. The van der Waals surface area contributed by atoms with Gasteiger partial charge in [-0.3, -0.25) is 4.57 Å². The Bertz CT molecular complexity index is 1890. The Hall–Kier alpha value is -4.73. The van der Waals surface area contributed by atoms with Crippen LogP contribution in [0.2, 0.25) is 0 Å². The van der Waals surface area contributed by atoms with Crippen LogP contribution in [0.1, 0.15) is 34.7 Å². The molecule has 0 spiro atoms. The number of nitrogens with zero attached hydrogens (tertiary/aromatic N) is 2. The molecular weight excluding hydrogens is 476 g/mol. The lowest BCUT2D eigenvalue weighted by atomic mass is 9.86. The highest BCUT2D eigenvalue weighted by molar-refractivity contribution is 6.08. The molecule has 1 aliphatic heterocycles. The molecule has 1 N–H and O–H groups in total. The Morgan fingerprint density at radius 3 is 2.10 bits per heavy atom. The minimum atomic E-state index is -0.816. The van der Waals surface area contributed by atoms with E-state index in [1.54, 1.807) is 0 Å². The zero-order valence-electron chi connectivity index (χ0n) is 21.3. The first-order valence-electron chi connectivity index (χ1n) is 13.5. The molecule has 186 valence electrons.